The maximum Gasteiger partial charge on any atom is 0.140 e. The summed E-state index contributed by atoms with van der Waals surface area (Å²) in [5.41, 5.74) is -1.31. The first-order valence-corrected chi connectivity index (χ1v) is 5.44. The Morgan fingerprint density at radius 2 is 1.13 bits per heavy atom. The van der Waals surface area contributed by atoms with Crippen molar-refractivity contribution in [3.05, 3.63) is 0 Å². The van der Waals surface area contributed by atoms with Crippen LogP contribution < -0.4 is 5.32 Å². The number of aldehydes is 2. The molecule has 1 N–H and O–H groups in total. The van der Waals surface area contributed by atoms with E-state index in [2.05, 4.69) is 5.32 Å². The van der Waals surface area contributed by atoms with Gasteiger partial charge in [0.15, 0.2) is 0 Å². The minimum atomic E-state index is -0.653. The van der Waals surface area contributed by atoms with Crippen LogP contribution in [0.3, 0.4) is 0 Å². The minimum absolute atomic E-state index is 0.146. The van der Waals surface area contributed by atoms with Crippen molar-refractivity contribution in [2.75, 3.05) is 0 Å². The fourth-order valence-electron chi connectivity index (χ4n) is 1.20. The molecule has 0 saturated heterocycles. The van der Waals surface area contributed by atoms with Crippen LogP contribution in [0, 0.1) is 11.8 Å². The normalized spacial score (nSPS) is 19.7. The van der Waals surface area contributed by atoms with Gasteiger partial charge in [-0.3, -0.25) is 5.32 Å². The molecule has 0 bridgehead atoms. The Morgan fingerprint density at radius 1 is 0.867 bits per heavy atom. The molecule has 0 aromatic rings. The Labute approximate surface area is 92.6 Å². The molecule has 2 unspecified atom stereocenters. The smallest absolute Gasteiger partial charge is 0.140 e. The molecule has 2 atom stereocenters. The summed E-state index contributed by atoms with van der Waals surface area (Å²) in [6.45, 7) is 11.5. The highest BCUT2D eigenvalue weighted by molar-refractivity contribution is 5.69. The van der Waals surface area contributed by atoms with Gasteiger partial charge in [-0.15, -0.1) is 0 Å². The van der Waals surface area contributed by atoms with E-state index in [1.807, 2.05) is 41.5 Å². The third kappa shape index (κ3) is 3.13. The lowest BCUT2D eigenvalue weighted by molar-refractivity contribution is -0.119. The maximum atomic E-state index is 11.1. The molecule has 0 radical (unpaired) electrons. The third-order valence-corrected chi connectivity index (χ3v) is 3.43. The molecule has 0 heterocycles. The molecule has 3 nitrogen and oxygen atoms in total. The summed E-state index contributed by atoms with van der Waals surface area (Å²) in [5, 5.41) is 3.17. The molecule has 0 rings (SSSR count). The van der Waals surface area contributed by atoms with Crippen molar-refractivity contribution < 1.29 is 9.59 Å². The van der Waals surface area contributed by atoms with E-state index in [1.165, 1.54) is 0 Å². The van der Waals surface area contributed by atoms with Crippen LogP contribution in [0.5, 0.6) is 0 Å². The molecule has 0 fully saturated rings. The topological polar surface area (TPSA) is 46.2 Å². The highest BCUT2D eigenvalue weighted by Gasteiger charge is 2.38. The Balaban J connectivity index is 4.95. The lowest BCUT2D eigenvalue weighted by atomic mass is 9.82. The summed E-state index contributed by atoms with van der Waals surface area (Å²) in [6, 6.07) is 0. The molecule has 0 aliphatic carbocycles. The quantitative estimate of drug-likeness (QED) is 0.684. The van der Waals surface area contributed by atoms with Crippen LogP contribution in [0.15, 0.2) is 0 Å². The Morgan fingerprint density at radius 3 is 1.27 bits per heavy atom. The van der Waals surface area contributed by atoms with E-state index in [9.17, 15) is 9.59 Å². The summed E-state index contributed by atoms with van der Waals surface area (Å²) < 4.78 is 0. The summed E-state index contributed by atoms with van der Waals surface area (Å²) in [5.74, 6) is 0.293. The van der Waals surface area contributed by atoms with Crippen molar-refractivity contribution >= 4 is 12.6 Å². The maximum absolute atomic E-state index is 11.1. The minimum Gasteiger partial charge on any atom is -0.301 e. The van der Waals surface area contributed by atoms with Gasteiger partial charge in [-0.2, -0.15) is 0 Å². The molecular weight excluding hydrogens is 190 g/mol. The summed E-state index contributed by atoms with van der Waals surface area (Å²) in [6.07, 6.45) is 1.78. The summed E-state index contributed by atoms with van der Waals surface area (Å²) in [4.78, 5) is 22.2. The van der Waals surface area contributed by atoms with Gasteiger partial charge in [0.25, 0.3) is 0 Å². The van der Waals surface area contributed by atoms with E-state index in [-0.39, 0.29) is 11.8 Å². The van der Waals surface area contributed by atoms with Gasteiger partial charge < -0.3 is 9.59 Å². The SMILES string of the molecule is CC(C)C(C)(C=O)NC(C)(C=O)C(C)C. The van der Waals surface area contributed by atoms with E-state index in [0.29, 0.717) is 0 Å². The van der Waals surface area contributed by atoms with Crippen LogP contribution in [0.1, 0.15) is 41.5 Å². The lowest BCUT2D eigenvalue weighted by Gasteiger charge is -2.39. The van der Waals surface area contributed by atoms with Gasteiger partial charge in [0.05, 0.1) is 11.1 Å². The van der Waals surface area contributed by atoms with E-state index >= 15 is 0 Å². The van der Waals surface area contributed by atoms with E-state index in [1.54, 1.807) is 0 Å². The molecule has 0 aromatic carbocycles. The van der Waals surface area contributed by atoms with Crippen LogP contribution >= 0.6 is 0 Å². The number of hydrogen-bond acceptors (Lipinski definition) is 3. The van der Waals surface area contributed by atoms with Gasteiger partial charge in [-0.1, -0.05) is 27.7 Å². The van der Waals surface area contributed by atoms with Crippen molar-refractivity contribution in [3.63, 3.8) is 0 Å². The van der Waals surface area contributed by atoms with Crippen molar-refractivity contribution in [2.24, 2.45) is 11.8 Å². The van der Waals surface area contributed by atoms with Crippen LogP contribution in [-0.2, 0) is 9.59 Å². The zero-order valence-corrected chi connectivity index (χ0v) is 10.6. The van der Waals surface area contributed by atoms with E-state index in [4.69, 9.17) is 0 Å². The monoisotopic (exact) mass is 213 g/mol. The van der Waals surface area contributed by atoms with E-state index in [0.717, 1.165) is 12.6 Å². The third-order valence-electron chi connectivity index (χ3n) is 3.43. The zero-order valence-electron chi connectivity index (χ0n) is 10.6. The summed E-state index contributed by atoms with van der Waals surface area (Å²) in [7, 11) is 0. The van der Waals surface area contributed by atoms with Crippen molar-refractivity contribution in [2.45, 2.75) is 52.6 Å². The van der Waals surface area contributed by atoms with Crippen molar-refractivity contribution in [1.29, 1.82) is 0 Å². The van der Waals surface area contributed by atoms with Gasteiger partial charge in [-0.25, -0.2) is 0 Å². The molecule has 0 saturated carbocycles. The molecule has 3 heteroatoms. The highest BCUT2D eigenvalue weighted by Crippen LogP contribution is 2.22. The molecule has 0 amide bonds. The zero-order chi connectivity index (χ0) is 12.3. The lowest BCUT2D eigenvalue weighted by Crippen LogP contribution is -2.61. The Hall–Kier alpha value is -0.700. The molecule has 88 valence electrons. The molecular formula is C12H23NO2. The molecule has 15 heavy (non-hydrogen) atoms. The second kappa shape index (κ2) is 4.88. The number of nitrogens with one attached hydrogen (secondary N) is 1. The van der Waals surface area contributed by atoms with Gasteiger partial charge >= 0.3 is 0 Å². The fraction of sp³-hybridized carbons (Fsp3) is 0.833. The van der Waals surface area contributed by atoms with Gasteiger partial charge in [0.1, 0.15) is 12.6 Å². The van der Waals surface area contributed by atoms with E-state index < -0.39 is 11.1 Å². The molecule has 0 spiro atoms. The van der Waals surface area contributed by atoms with Gasteiger partial charge in [0.2, 0.25) is 0 Å². The number of rotatable bonds is 6. The predicted octanol–water partition coefficient (Wildman–Crippen LogP) is 1.80. The molecule has 0 aliphatic rings. The van der Waals surface area contributed by atoms with Crippen LogP contribution in [-0.4, -0.2) is 23.7 Å². The van der Waals surface area contributed by atoms with Crippen LogP contribution in [0.2, 0.25) is 0 Å². The average molecular weight is 213 g/mol. The van der Waals surface area contributed by atoms with Crippen molar-refractivity contribution in [3.8, 4) is 0 Å². The second-order valence-corrected chi connectivity index (χ2v) is 5.24. The first-order valence-electron chi connectivity index (χ1n) is 5.44. The number of carbonyl (C=O) groups is 2. The fourth-order valence-corrected chi connectivity index (χ4v) is 1.20. The number of carbonyl (C=O) groups excluding carboxylic acids is 2. The summed E-state index contributed by atoms with van der Waals surface area (Å²) >= 11 is 0. The van der Waals surface area contributed by atoms with Gasteiger partial charge in [-0.05, 0) is 25.7 Å². The average Bonchev–Trinajstić information content (AvgIpc) is 2.16. The first kappa shape index (κ1) is 14.3. The number of hydrogen-bond donors (Lipinski definition) is 1. The van der Waals surface area contributed by atoms with Gasteiger partial charge in [0, 0.05) is 0 Å². The molecule has 0 aliphatic heterocycles. The second-order valence-electron chi connectivity index (χ2n) is 5.24. The standard InChI is InChI=1S/C12H23NO2/c1-9(2)11(5,7-14)13-12(6,8-15)10(3)4/h7-10,13H,1-6H3. The highest BCUT2D eigenvalue weighted by atomic mass is 16.1. The Bertz CT molecular complexity index is 214. The largest absolute Gasteiger partial charge is 0.301 e. The van der Waals surface area contributed by atoms with Crippen molar-refractivity contribution in [1.82, 2.24) is 5.32 Å². The van der Waals surface area contributed by atoms with Crippen LogP contribution in [0.4, 0.5) is 0 Å². The van der Waals surface area contributed by atoms with Crippen LogP contribution in [0.25, 0.3) is 0 Å². The predicted molar refractivity (Wildman–Crippen MR) is 61.7 cm³/mol. The first-order chi connectivity index (χ1) is 6.72. The molecule has 0 aromatic heterocycles. The Kier molecular flexibility index (Phi) is 4.65.